The van der Waals surface area contributed by atoms with Crippen molar-refractivity contribution in [1.29, 1.82) is 0 Å². The maximum absolute atomic E-state index is 9.97. The van der Waals surface area contributed by atoms with Crippen LogP contribution in [0.4, 0.5) is 4.53 Å². The maximum Gasteiger partial charge on any atom is 0.183 e. The number of hydrogen-bond donors (Lipinski definition) is 1. The van der Waals surface area contributed by atoms with Crippen molar-refractivity contribution in [1.82, 2.24) is 0 Å². The molecule has 2 nitrogen and oxygen atoms in total. The van der Waals surface area contributed by atoms with Crippen molar-refractivity contribution in [2.75, 3.05) is 6.79 Å². The Morgan fingerprint density at radius 2 is 2.25 bits per heavy atom. The molecule has 0 aliphatic carbocycles. The van der Waals surface area contributed by atoms with E-state index in [1.165, 1.54) is 0 Å². The fourth-order valence-corrected chi connectivity index (χ4v) is 0. The summed E-state index contributed by atoms with van der Waals surface area (Å²) in [5.74, 6) is 0. The second-order valence-corrected chi connectivity index (χ2v) is 0.238. The fraction of sp³-hybridized carbons (Fsp3) is 1.00. The van der Waals surface area contributed by atoms with Crippen LogP contribution in [0.3, 0.4) is 0 Å². The predicted molar refractivity (Wildman–Crippen MR) is 9.28 cm³/mol. The average Bonchev–Trinajstić information content (AvgIpc) is 1.37. The van der Waals surface area contributed by atoms with Crippen LogP contribution in [0, 0.1) is 0 Å². The Morgan fingerprint density at radius 1 is 2.00 bits per heavy atom. The van der Waals surface area contributed by atoms with Gasteiger partial charge in [-0.3, -0.25) is 0 Å². The minimum atomic E-state index is -0.847. The molecule has 4 heavy (non-hydrogen) atoms. The molecular weight excluding hydrogens is 63.0 g/mol. The summed E-state index contributed by atoms with van der Waals surface area (Å²) < 4.78 is 9.97. The first-order chi connectivity index (χ1) is 1.91. The van der Waals surface area contributed by atoms with Gasteiger partial charge in [-0.05, 0) is 4.53 Å². The second-order valence-electron chi connectivity index (χ2n) is 0.238. The molecule has 0 saturated carbocycles. The molecule has 0 saturated heterocycles. The van der Waals surface area contributed by atoms with Crippen LogP contribution in [0.15, 0.2) is 0 Å². The first-order valence-electron chi connectivity index (χ1n) is 0.759. The van der Waals surface area contributed by atoms with Crippen LogP contribution in [0.25, 0.3) is 0 Å². The van der Waals surface area contributed by atoms with E-state index in [2.05, 4.69) is 4.94 Å². The van der Waals surface area contributed by atoms with Crippen molar-refractivity contribution in [2.24, 2.45) is 0 Å². The van der Waals surface area contributed by atoms with Crippen LogP contribution < -0.4 is 0 Å². The van der Waals surface area contributed by atoms with E-state index in [9.17, 15) is 4.53 Å². The number of rotatable bonds is 1. The first-order valence-corrected chi connectivity index (χ1v) is 0.759. The molecule has 26 valence electrons. The molecule has 0 unspecified atom stereocenters. The molecule has 0 aliphatic heterocycles. The third-order valence-corrected chi connectivity index (χ3v) is 0.0488. The molecule has 0 bridgehead atoms. The van der Waals surface area contributed by atoms with Gasteiger partial charge in [-0.1, -0.05) is 0 Å². The van der Waals surface area contributed by atoms with E-state index >= 15 is 0 Å². The molecule has 0 aliphatic rings. The molecule has 0 heterocycles. The number of hydrogen-bond acceptors (Lipinski definition) is 2. The lowest BCUT2D eigenvalue weighted by Gasteiger charge is -1.68. The largest absolute Gasteiger partial charge is 0.368 e. The van der Waals surface area contributed by atoms with E-state index in [4.69, 9.17) is 5.11 Å². The van der Waals surface area contributed by atoms with E-state index in [0.717, 1.165) is 0 Å². The van der Waals surface area contributed by atoms with E-state index in [0.29, 0.717) is 0 Å². The van der Waals surface area contributed by atoms with Crippen molar-refractivity contribution in [3.05, 3.63) is 0 Å². The SMILES string of the molecule is OCOF. The Balaban J connectivity index is 1.97. The standard InChI is InChI=1S/CH3FO2/c2-4-1-3/h3H,1H2. The van der Waals surface area contributed by atoms with Crippen LogP contribution in [-0.4, -0.2) is 11.9 Å². The Labute approximate surface area is 22.7 Å². The molecule has 0 aromatic rings. The van der Waals surface area contributed by atoms with Crippen LogP contribution >= 0.6 is 0 Å². The lowest BCUT2D eigenvalue weighted by atomic mass is 11.6. The molecular formula is CH3FO2. The molecule has 0 aromatic heterocycles. The highest BCUT2D eigenvalue weighted by Crippen LogP contribution is 1.59. The zero-order valence-electron chi connectivity index (χ0n) is 1.94. The van der Waals surface area contributed by atoms with Crippen molar-refractivity contribution in [2.45, 2.75) is 0 Å². The van der Waals surface area contributed by atoms with Crippen LogP contribution in [0.5, 0.6) is 0 Å². The molecule has 3 heteroatoms. The third kappa shape index (κ3) is 1.85. The zero-order valence-corrected chi connectivity index (χ0v) is 1.94. The molecule has 0 aromatic carbocycles. The van der Waals surface area contributed by atoms with Crippen molar-refractivity contribution in [3.8, 4) is 0 Å². The highest BCUT2D eigenvalue weighted by molar-refractivity contribution is 3.59. The zero-order chi connectivity index (χ0) is 3.41. The van der Waals surface area contributed by atoms with Gasteiger partial charge in [0.2, 0.25) is 0 Å². The Hall–Kier alpha value is -0.150. The highest BCUT2D eigenvalue weighted by Gasteiger charge is 1.58. The topological polar surface area (TPSA) is 29.5 Å². The third-order valence-electron chi connectivity index (χ3n) is 0.0488. The quantitative estimate of drug-likeness (QED) is 0.431. The predicted octanol–water partition coefficient (Wildman–Crippen LogP) is -0.163. The van der Waals surface area contributed by atoms with Gasteiger partial charge in [-0.2, -0.15) is 4.94 Å². The summed E-state index contributed by atoms with van der Waals surface area (Å²) >= 11 is 0. The molecule has 0 atom stereocenters. The smallest absolute Gasteiger partial charge is 0.183 e. The van der Waals surface area contributed by atoms with Gasteiger partial charge in [-0.25, -0.2) is 0 Å². The Kier molecular flexibility index (Phi) is 2.74. The van der Waals surface area contributed by atoms with Crippen molar-refractivity contribution in [3.63, 3.8) is 0 Å². The van der Waals surface area contributed by atoms with Crippen molar-refractivity contribution < 1.29 is 14.6 Å². The highest BCUT2D eigenvalue weighted by atomic mass is 19.3. The summed E-state index contributed by atoms with van der Waals surface area (Å²) in [5.41, 5.74) is 0. The van der Waals surface area contributed by atoms with Gasteiger partial charge in [0.05, 0.1) is 0 Å². The normalized spacial score (nSPS) is 7.50. The molecule has 0 radical (unpaired) electrons. The molecule has 0 spiro atoms. The summed E-state index contributed by atoms with van der Waals surface area (Å²) in [4.78, 5) is 2.60. The van der Waals surface area contributed by atoms with E-state index in [1.807, 2.05) is 0 Å². The summed E-state index contributed by atoms with van der Waals surface area (Å²) in [5, 5.41) is 7.28. The minimum absolute atomic E-state index is 0.847. The monoisotopic (exact) mass is 66.0 g/mol. The van der Waals surface area contributed by atoms with E-state index in [1.54, 1.807) is 0 Å². The average molecular weight is 66.0 g/mol. The first kappa shape index (κ1) is 3.85. The van der Waals surface area contributed by atoms with Gasteiger partial charge >= 0.3 is 0 Å². The number of aliphatic hydroxyl groups excluding tert-OH is 1. The molecule has 0 fully saturated rings. The summed E-state index contributed by atoms with van der Waals surface area (Å²) in [6, 6.07) is 0. The number of aliphatic hydroxyl groups is 1. The fourth-order valence-electron chi connectivity index (χ4n) is 0. The van der Waals surface area contributed by atoms with Gasteiger partial charge in [0.15, 0.2) is 6.79 Å². The van der Waals surface area contributed by atoms with Gasteiger partial charge in [0.25, 0.3) is 0 Å². The lowest BCUT2D eigenvalue weighted by molar-refractivity contribution is -0.193. The Morgan fingerprint density at radius 3 is 2.25 bits per heavy atom. The van der Waals surface area contributed by atoms with Gasteiger partial charge in [0, 0.05) is 0 Å². The Bertz CT molecular complexity index is 8.00. The maximum atomic E-state index is 9.97. The van der Waals surface area contributed by atoms with Crippen LogP contribution in [0.1, 0.15) is 0 Å². The lowest BCUT2D eigenvalue weighted by Crippen LogP contribution is -1.73. The van der Waals surface area contributed by atoms with Crippen molar-refractivity contribution >= 4 is 0 Å². The molecule has 1 N–H and O–H groups in total. The van der Waals surface area contributed by atoms with Crippen LogP contribution in [0.2, 0.25) is 0 Å². The number of halogens is 1. The summed E-state index contributed by atoms with van der Waals surface area (Å²) in [7, 11) is 0. The van der Waals surface area contributed by atoms with Gasteiger partial charge in [-0.15, -0.1) is 0 Å². The van der Waals surface area contributed by atoms with E-state index in [-0.39, 0.29) is 0 Å². The molecule has 0 rings (SSSR count). The minimum Gasteiger partial charge on any atom is -0.368 e. The van der Waals surface area contributed by atoms with Crippen LogP contribution in [-0.2, 0) is 4.94 Å². The summed E-state index contributed by atoms with van der Waals surface area (Å²) in [6.07, 6.45) is 0. The molecule has 0 amide bonds. The second kappa shape index (κ2) is 2.85. The van der Waals surface area contributed by atoms with Gasteiger partial charge < -0.3 is 5.11 Å². The summed E-state index contributed by atoms with van der Waals surface area (Å²) in [6.45, 7) is -0.847. The van der Waals surface area contributed by atoms with E-state index < -0.39 is 6.79 Å². The van der Waals surface area contributed by atoms with Gasteiger partial charge in [0.1, 0.15) is 0 Å².